The van der Waals surface area contributed by atoms with Gasteiger partial charge in [0.1, 0.15) is 0 Å². The summed E-state index contributed by atoms with van der Waals surface area (Å²) in [6.07, 6.45) is 0.292. The van der Waals surface area contributed by atoms with E-state index in [0.29, 0.717) is 28.7 Å². The number of halogens is 1. The fourth-order valence-electron chi connectivity index (χ4n) is 2.05. The number of hydrogen-bond acceptors (Lipinski definition) is 4. The molecule has 0 N–H and O–H groups in total. The predicted molar refractivity (Wildman–Crippen MR) is 79.5 cm³/mol. The van der Waals surface area contributed by atoms with Crippen LogP contribution in [0.5, 0.6) is 0 Å². The van der Waals surface area contributed by atoms with Crippen LogP contribution in [0.25, 0.3) is 22.8 Å². The van der Waals surface area contributed by atoms with Gasteiger partial charge in [-0.1, -0.05) is 47.1 Å². The average molecular weight is 296 g/mol. The molecule has 0 unspecified atom stereocenters. The minimum absolute atomic E-state index is 0.292. The van der Waals surface area contributed by atoms with E-state index < -0.39 is 0 Å². The topological polar surface area (TPSA) is 62.7 Å². The number of benzene rings is 2. The Morgan fingerprint density at radius 1 is 1.05 bits per heavy atom. The molecule has 1 heterocycles. The molecule has 21 heavy (non-hydrogen) atoms. The molecule has 4 nitrogen and oxygen atoms in total. The van der Waals surface area contributed by atoms with Crippen LogP contribution in [0.4, 0.5) is 0 Å². The van der Waals surface area contributed by atoms with Gasteiger partial charge in [0.25, 0.3) is 5.89 Å². The van der Waals surface area contributed by atoms with Crippen molar-refractivity contribution in [3.63, 3.8) is 0 Å². The van der Waals surface area contributed by atoms with Crippen LogP contribution in [-0.2, 0) is 6.42 Å². The van der Waals surface area contributed by atoms with E-state index in [9.17, 15) is 0 Å². The third-order valence-corrected chi connectivity index (χ3v) is 3.39. The Morgan fingerprint density at radius 3 is 2.52 bits per heavy atom. The molecule has 102 valence electrons. The van der Waals surface area contributed by atoms with Crippen molar-refractivity contribution in [2.24, 2.45) is 0 Å². The number of aromatic nitrogens is 2. The molecule has 3 rings (SSSR count). The van der Waals surface area contributed by atoms with Gasteiger partial charge in [0.2, 0.25) is 5.82 Å². The summed E-state index contributed by atoms with van der Waals surface area (Å²) < 4.78 is 5.32. The lowest BCUT2D eigenvalue weighted by Gasteiger charge is -2.00. The Balaban J connectivity index is 2.04. The van der Waals surface area contributed by atoms with Crippen molar-refractivity contribution in [1.82, 2.24) is 10.1 Å². The maximum absolute atomic E-state index is 8.88. The highest BCUT2D eigenvalue weighted by Gasteiger charge is 2.15. The Labute approximate surface area is 126 Å². The molecule has 1 aromatic heterocycles. The van der Waals surface area contributed by atoms with Crippen LogP contribution in [0, 0.1) is 11.3 Å². The third-order valence-electron chi connectivity index (χ3n) is 3.06. The molecule has 0 bridgehead atoms. The van der Waals surface area contributed by atoms with Gasteiger partial charge in [-0.2, -0.15) is 10.2 Å². The van der Waals surface area contributed by atoms with Gasteiger partial charge >= 0.3 is 0 Å². The zero-order valence-corrected chi connectivity index (χ0v) is 11.7. The summed E-state index contributed by atoms with van der Waals surface area (Å²) in [6, 6.07) is 16.9. The van der Waals surface area contributed by atoms with Gasteiger partial charge in [-0.3, -0.25) is 0 Å². The van der Waals surface area contributed by atoms with Crippen molar-refractivity contribution in [2.75, 3.05) is 0 Å². The first-order valence-corrected chi connectivity index (χ1v) is 6.71. The van der Waals surface area contributed by atoms with E-state index in [4.69, 9.17) is 21.4 Å². The van der Waals surface area contributed by atoms with Crippen molar-refractivity contribution in [3.8, 4) is 28.9 Å². The van der Waals surface area contributed by atoms with Crippen LogP contribution < -0.4 is 0 Å². The van der Waals surface area contributed by atoms with E-state index in [1.807, 2.05) is 42.5 Å². The van der Waals surface area contributed by atoms with E-state index in [2.05, 4.69) is 16.2 Å². The highest BCUT2D eigenvalue weighted by atomic mass is 35.5. The monoisotopic (exact) mass is 295 g/mol. The van der Waals surface area contributed by atoms with Gasteiger partial charge in [0, 0.05) is 11.1 Å². The first kappa shape index (κ1) is 13.3. The fraction of sp³-hybridized carbons (Fsp3) is 0.0625. The number of nitriles is 1. The largest absolute Gasteiger partial charge is 0.334 e. The molecule has 0 atom stereocenters. The maximum atomic E-state index is 8.88. The molecule has 0 aliphatic rings. The Morgan fingerprint density at radius 2 is 1.76 bits per heavy atom. The van der Waals surface area contributed by atoms with Crippen molar-refractivity contribution in [2.45, 2.75) is 6.42 Å². The quantitative estimate of drug-likeness (QED) is 0.729. The molecular weight excluding hydrogens is 286 g/mol. The summed E-state index contributed by atoms with van der Waals surface area (Å²) in [5, 5.41) is 13.4. The van der Waals surface area contributed by atoms with Gasteiger partial charge in [0.05, 0.1) is 17.5 Å². The third kappa shape index (κ3) is 2.64. The molecular formula is C16H10ClN3O. The molecule has 5 heteroatoms. The van der Waals surface area contributed by atoms with Crippen LogP contribution in [0.1, 0.15) is 5.56 Å². The molecule has 3 aromatic rings. The number of hydrogen-bond donors (Lipinski definition) is 0. The number of nitrogens with zero attached hydrogens (tertiary/aromatic N) is 3. The summed E-state index contributed by atoms with van der Waals surface area (Å²) in [4.78, 5) is 4.38. The van der Waals surface area contributed by atoms with Gasteiger partial charge in [-0.05, 0) is 23.8 Å². The molecule has 0 aliphatic carbocycles. The van der Waals surface area contributed by atoms with Crippen molar-refractivity contribution in [3.05, 3.63) is 59.1 Å². The first-order chi connectivity index (χ1) is 10.3. The lowest BCUT2D eigenvalue weighted by Crippen LogP contribution is -1.88. The zero-order valence-electron chi connectivity index (χ0n) is 11.0. The van der Waals surface area contributed by atoms with Gasteiger partial charge < -0.3 is 4.52 Å². The minimum atomic E-state index is 0.292. The zero-order chi connectivity index (χ0) is 14.7. The Kier molecular flexibility index (Phi) is 3.67. The van der Waals surface area contributed by atoms with Gasteiger partial charge in [-0.25, -0.2) is 0 Å². The molecule has 0 fully saturated rings. The van der Waals surface area contributed by atoms with Crippen molar-refractivity contribution < 1.29 is 4.52 Å². The summed E-state index contributed by atoms with van der Waals surface area (Å²) in [5.74, 6) is 0.818. The van der Waals surface area contributed by atoms with Gasteiger partial charge in [0.15, 0.2) is 0 Å². The molecule has 0 spiro atoms. The standard InChI is InChI=1S/C16H10ClN3O/c17-14-8-4-3-7-13(14)15-19-16(21-20-15)12-6-2-1-5-11(12)9-10-18/h1-8H,9H2. The molecule has 0 saturated heterocycles. The summed E-state index contributed by atoms with van der Waals surface area (Å²) in [7, 11) is 0. The van der Waals surface area contributed by atoms with E-state index in [0.717, 1.165) is 11.1 Å². The van der Waals surface area contributed by atoms with E-state index in [1.165, 1.54) is 0 Å². The van der Waals surface area contributed by atoms with Crippen LogP contribution in [0.15, 0.2) is 53.1 Å². The smallest absolute Gasteiger partial charge is 0.258 e. The second-order valence-electron chi connectivity index (χ2n) is 4.40. The molecule has 2 aromatic carbocycles. The second kappa shape index (κ2) is 5.78. The molecule has 0 amide bonds. The van der Waals surface area contributed by atoms with Crippen LogP contribution >= 0.6 is 11.6 Å². The SMILES string of the molecule is N#CCc1ccccc1-c1nc(-c2ccccc2Cl)no1. The lowest BCUT2D eigenvalue weighted by molar-refractivity contribution is 0.432. The summed E-state index contributed by atoms with van der Waals surface area (Å²) in [5.41, 5.74) is 2.34. The summed E-state index contributed by atoms with van der Waals surface area (Å²) in [6.45, 7) is 0. The lowest BCUT2D eigenvalue weighted by atomic mass is 10.1. The maximum Gasteiger partial charge on any atom is 0.258 e. The van der Waals surface area contributed by atoms with E-state index in [1.54, 1.807) is 6.07 Å². The fourth-order valence-corrected chi connectivity index (χ4v) is 2.27. The summed E-state index contributed by atoms with van der Waals surface area (Å²) >= 11 is 6.13. The van der Waals surface area contributed by atoms with Crippen LogP contribution in [0.2, 0.25) is 5.02 Å². The predicted octanol–water partition coefficient (Wildman–Crippen LogP) is 4.12. The minimum Gasteiger partial charge on any atom is -0.334 e. The highest BCUT2D eigenvalue weighted by Crippen LogP contribution is 2.28. The highest BCUT2D eigenvalue weighted by molar-refractivity contribution is 6.33. The number of rotatable bonds is 3. The Bertz CT molecular complexity index is 820. The van der Waals surface area contributed by atoms with E-state index >= 15 is 0 Å². The van der Waals surface area contributed by atoms with Crippen LogP contribution in [0.3, 0.4) is 0 Å². The van der Waals surface area contributed by atoms with Crippen LogP contribution in [-0.4, -0.2) is 10.1 Å². The molecule has 0 aliphatic heterocycles. The normalized spacial score (nSPS) is 10.3. The molecule has 0 saturated carbocycles. The second-order valence-corrected chi connectivity index (χ2v) is 4.80. The van der Waals surface area contributed by atoms with Gasteiger partial charge in [-0.15, -0.1) is 0 Å². The van der Waals surface area contributed by atoms with E-state index in [-0.39, 0.29) is 0 Å². The van der Waals surface area contributed by atoms with Crippen molar-refractivity contribution in [1.29, 1.82) is 5.26 Å². The molecule has 0 radical (unpaired) electrons. The van der Waals surface area contributed by atoms with Crippen molar-refractivity contribution >= 4 is 11.6 Å². The Hall–Kier alpha value is -2.64. The first-order valence-electron chi connectivity index (χ1n) is 6.33. The average Bonchev–Trinajstić information content (AvgIpc) is 2.98.